The van der Waals surface area contributed by atoms with Gasteiger partial charge in [0.05, 0.1) is 0 Å². The van der Waals surface area contributed by atoms with E-state index in [1.165, 1.54) is 21.1 Å². The lowest BCUT2D eigenvalue weighted by Crippen LogP contribution is -2.29. The SMILES string of the molecule is CNC(=O)/C(=N/OC)c1ccccc1COc1ccc(C(C)=O)cc1C. The highest BCUT2D eigenvalue weighted by atomic mass is 16.6. The van der Waals surface area contributed by atoms with E-state index in [2.05, 4.69) is 10.5 Å². The van der Waals surface area contributed by atoms with Crippen molar-refractivity contribution in [3.8, 4) is 5.75 Å². The summed E-state index contributed by atoms with van der Waals surface area (Å²) in [5.74, 6) is 0.340. The molecule has 0 spiro atoms. The Hall–Kier alpha value is -3.15. The van der Waals surface area contributed by atoms with E-state index in [1.54, 1.807) is 24.3 Å². The molecule has 1 N–H and O–H groups in total. The number of nitrogens with zero attached hydrogens (tertiary/aromatic N) is 1. The van der Waals surface area contributed by atoms with Crippen molar-refractivity contribution >= 4 is 17.4 Å². The van der Waals surface area contributed by atoms with E-state index in [-0.39, 0.29) is 24.0 Å². The second kappa shape index (κ2) is 8.80. The van der Waals surface area contributed by atoms with Crippen LogP contribution in [0.2, 0.25) is 0 Å². The summed E-state index contributed by atoms with van der Waals surface area (Å²) in [7, 11) is 2.93. The molecule has 2 rings (SSSR count). The maximum absolute atomic E-state index is 12.1. The molecule has 136 valence electrons. The highest BCUT2D eigenvalue weighted by Gasteiger charge is 2.17. The number of carbonyl (C=O) groups is 2. The van der Waals surface area contributed by atoms with Gasteiger partial charge in [-0.1, -0.05) is 29.4 Å². The Morgan fingerprint density at radius 2 is 1.88 bits per heavy atom. The normalized spacial score (nSPS) is 11.0. The summed E-state index contributed by atoms with van der Waals surface area (Å²) in [6.07, 6.45) is 0. The molecule has 2 aromatic rings. The van der Waals surface area contributed by atoms with E-state index in [4.69, 9.17) is 9.57 Å². The van der Waals surface area contributed by atoms with Gasteiger partial charge in [-0.2, -0.15) is 0 Å². The lowest BCUT2D eigenvalue weighted by atomic mass is 10.0. The monoisotopic (exact) mass is 354 g/mol. The number of nitrogens with one attached hydrogen (secondary N) is 1. The number of likely N-dealkylation sites (N-methyl/N-ethyl adjacent to an activating group) is 1. The Labute approximate surface area is 152 Å². The Balaban J connectivity index is 2.27. The molecule has 0 aliphatic carbocycles. The first-order chi connectivity index (χ1) is 12.5. The molecule has 6 heteroatoms. The summed E-state index contributed by atoms with van der Waals surface area (Å²) in [6.45, 7) is 3.66. The van der Waals surface area contributed by atoms with Crippen molar-refractivity contribution in [3.63, 3.8) is 0 Å². The van der Waals surface area contributed by atoms with E-state index >= 15 is 0 Å². The van der Waals surface area contributed by atoms with Crippen LogP contribution in [0.1, 0.15) is 34.0 Å². The highest BCUT2D eigenvalue weighted by Crippen LogP contribution is 2.22. The molecule has 0 bridgehead atoms. The molecular weight excluding hydrogens is 332 g/mol. The quantitative estimate of drug-likeness (QED) is 0.471. The van der Waals surface area contributed by atoms with Gasteiger partial charge >= 0.3 is 0 Å². The van der Waals surface area contributed by atoms with Crippen LogP contribution < -0.4 is 10.1 Å². The molecule has 0 aliphatic heterocycles. The molecule has 0 saturated carbocycles. The van der Waals surface area contributed by atoms with Gasteiger partial charge in [0.15, 0.2) is 11.5 Å². The minimum absolute atomic E-state index is 0.0102. The molecule has 6 nitrogen and oxygen atoms in total. The summed E-state index contributed by atoms with van der Waals surface area (Å²) in [5, 5.41) is 6.39. The Bertz CT molecular complexity index is 843. The number of benzene rings is 2. The number of ketones is 1. The second-order valence-electron chi connectivity index (χ2n) is 5.68. The minimum atomic E-state index is -0.346. The molecule has 0 heterocycles. The van der Waals surface area contributed by atoms with Crippen molar-refractivity contribution in [1.82, 2.24) is 5.32 Å². The Morgan fingerprint density at radius 3 is 2.50 bits per heavy atom. The van der Waals surface area contributed by atoms with Crippen LogP contribution in [0, 0.1) is 6.92 Å². The van der Waals surface area contributed by atoms with Crippen LogP contribution in [-0.2, 0) is 16.2 Å². The van der Waals surface area contributed by atoms with Gasteiger partial charge in [0, 0.05) is 18.2 Å². The average Bonchev–Trinajstić information content (AvgIpc) is 2.64. The van der Waals surface area contributed by atoms with E-state index in [9.17, 15) is 9.59 Å². The number of carbonyl (C=O) groups excluding carboxylic acids is 2. The number of rotatable bonds is 7. The van der Waals surface area contributed by atoms with Crippen LogP contribution in [-0.4, -0.2) is 31.6 Å². The number of oxime groups is 1. The number of hydrogen-bond acceptors (Lipinski definition) is 5. The smallest absolute Gasteiger partial charge is 0.273 e. The number of aryl methyl sites for hydroxylation is 1. The van der Waals surface area contributed by atoms with Gasteiger partial charge in [-0.05, 0) is 43.2 Å². The van der Waals surface area contributed by atoms with Gasteiger partial charge in [0.2, 0.25) is 0 Å². The fraction of sp³-hybridized carbons (Fsp3) is 0.250. The topological polar surface area (TPSA) is 77.0 Å². The maximum atomic E-state index is 12.1. The van der Waals surface area contributed by atoms with Gasteiger partial charge in [0.25, 0.3) is 5.91 Å². The summed E-state index contributed by atoms with van der Waals surface area (Å²) in [4.78, 5) is 28.4. The zero-order valence-electron chi connectivity index (χ0n) is 15.3. The summed E-state index contributed by atoms with van der Waals surface area (Å²) in [5.41, 5.74) is 3.11. The molecule has 26 heavy (non-hydrogen) atoms. The zero-order valence-corrected chi connectivity index (χ0v) is 15.3. The number of Topliss-reactive ketones (excluding diaryl/α,β-unsaturated/α-hetero) is 1. The van der Waals surface area contributed by atoms with E-state index in [0.717, 1.165) is 11.1 Å². The summed E-state index contributed by atoms with van der Waals surface area (Å²) < 4.78 is 5.90. The Morgan fingerprint density at radius 1 is 1.15 bits per heavy atom. The zero-order chi connectivity index (χ0) is 19.1. The number of ether oxygens (including phenoxy) is 1. The van der Waals surface area contributed by atoms with Crippen LogP contribution in [0.3, 0.4) is 0 Å². The van der Waals surface area contributed by atoms with E-state index in [0.29, 0.717) is 16.9 Å². The number of amides is 1. The van der Waals surface area contributed by atoms with Crippen molar-refractivity contribution in [1.29, 1.82) is 0 Å². The summed E-state index contributed by atoms with van der Waals surface area (Å²) >= 11 is 0. The van der Waals surface area contributed by atoms with Gasteiger partial charge in [-0.3, -0.25) is 9.59 Å². The van der Waals surface area contributed by atoms with E-state index in [1.807, 2.05) is 25.1 Å². The molecule has 2 aromatic carbocycles. The molecular formula is C20H22N2O4. The molecule has 1 amide bonds. The first-order valence-electron chi connectivity index (χ1n) is 8.13. The fourth-order valence-electron chi connectivity index (χ4n) is 2.49. The van der Waals surface area contributed by atoms with Crippen LogP contribution >= 0.6 is 0 Å². The largest absolute Gasteiger partial charge is 0.489 e. The van der Waals surface area contributed by atoms with Gasteiger partial charge in [-0.25, -0.2) is 0 Å². The van der Waals surface area contributed by atoms with Gasteiger partial charge in [-0.15, -0.1) is 0 Å². The standard InChI is InChI=1S/C20H22N2O4/c1-13-11-15(14(2)23)9-10-18(13)26-12-16-7-5-6-8-17(16)19(22-25-4)20(24)21-3/h5-11H,12H2,1-4H3,(H,21,24)/b22-19+. The van der Waals surface area contributed by atoms with Crippen molar-refractivity contribution in [2.45, 2.75) is 20.5 Å². The van der Waals surface area contributed by atoms with Crippen LogP contribution in [0.15, 0.2) is 47.6 Å². The molecule has 0 aromatic heterocycles. The lowest BCUT2D eigenvalue weighted by Gasteiger charge is -2.13. The van der Waals surface area contributed by atoms with E-state index < -0.39 is 0 Å². The maximum Gasteiger partial charge on any atom is 0.273 e. The Kier molecular flexibility index (Phi) is 6.49. The third-order valence-electron chi connectivity index (χ3n) is 3.86. The molecule has 0 radical (unpaired) electrons. The second-order valence-corrected chi connectivity index (χ2v) is 5.68. The van der Waals surface area contributed by atoms with Crippen LogP contribution in [0.4, 0.5) is 0 Å². The number of hydrogen-bond donors (Lipinski definition) is 1. The predicted molar refractivity (Wildman–Crippen MR) is 99.6 cm³/mol. The third-order valence-corrected chi connectivity index (χ3v) is 3.86. The minimum Gasteiger partial charge on any atom is -0.489 e. The van der Waals surface area contributed by atoms with Crippen molar-refractivity contribution < 1.29 is 19.2 Å². The van der Waals surface area contributed by atoms with Crippen LogP contribution in [0.25, 0.3) is 0 Å². The van der Waals surface area contributed by atoms with Gasteiger partial charge in [0.1, 0.15) is 19.5 Å². The van der Waals surface area contributed by atoms with Gasteiger partial charge < -0.3 is 14.9 Å². The molecule has 0 unspecified atom stereocenters. The first-order valence-corrected chi connectivity index (χ1v) is 8.13. The molecule has 0 fully saturated rings. The average molecular weight is 354 g/mol. The summed E-state index contributed by atoms with van der Waals surface area (Å²) in [6, 6.07) is 12.6. The van der Waals surface area contributed by atoms with Crippen molar-refractivity contribution in [3.05, 3.63) is 64.7 Å². The van der Waals surface area contributed by atoms with Crippen molar-refractivity contribution in [2.75, 3.05) is 14.2 Å². The van der Waals surface area contributed by atoms with Crippen molar-refractivity contribution in [2.24, 2.45) is 5.16 Å². The molecule has 0 atom stereocenters. The molecule has 0 saturated heterocycles. The third kappa shape index (κ3) is 4.47. The first kappa shape index (κ1) is 19.2. The lowest BCUT2D eigenvalue weighted by molar-refractivity contribution is -0.114. The molecule has 0 aliphatic rings. The highest BCUT2D eigenvalue weighted by molar-refractivity contribution is 6.45. The fourth-order valence-corrected chi connectivity index (χ4v) is 2.49. The van der Waals surface area contributed by atoms with Crippen LogP contribution in [0.5, 0.6) is 5.75 Å². The predicted octanol–water partition coefficient (Wildman–Crippen LogP) is 2.87.